The summed E-state index contributed by atoms with van der Waals surface area (Å²) in [7, 11) is 0. The number of rotatable bonds is 5. The summed E-state index contributed by atoms with van der Waals surface area (Å²) in [5.74, 6) is 0. The predicted octanol–water partition coefficient (Wildman–Crippen LogP) is 1.82. The average Bonchev–Trinajstić information content (AvgIpc) is 3.04. The molecule has 0 bridgehead atoms. The van der Waals surface area contributed by atoms with Crippen LogP contribution in [0.4, 0.5) is 4.79 Å². The van der Waals surface area contributed by atoms with Gasteiger partial charge in [0.1, 0.15) is 0 Å². The zero-order valence-corrected chi connectivity index (χ0v) is 11.3. The van der Waals surface area contributed by atoms with E-state index in [-0.39, 0.29) is 6.03 Å². The zero-order chi connectivity index (χ0) is 13.7. The van der Waals surface area contributed by atoms with E-state index in [1.165, 1.54) is 29.9 Å². The lowest BCUT2D eigenvalue weighted by atomic mass is 10.1. The quantitative estimate of drug-likeness (QED) is 0.768. The molecule has 0 aliphatic carbocycles. The van der Waals surface area contributed by atoms with E-state index in [0.29, 0.717) is 0 Å². The molecule has 0 N–H and O–H groups in total. The van der Waals surface area contributed by atoms with Crippen LogP contribution in [-0.4, -0.2) is 36.0 Å². The molecule has 2 heterocycles. The summed E-state index contributed by atoms with van der Waals surface area (Å²) in [4.78, 5) is 12.2. The minimum absolute atomic E-state index is 0.344. The molecule has 0 aliphatic heterocycles. The zero-order valence-electron chi connectivity index (χ0n) is 11.3. The van der Waals surface area contributed by atoms with Crippen molar-refractivity contribution in [1.29, 1.82) is 0 Å². The van der Waals surface area contributed by atoms with Crippen molar-refractivity contribution in [3.8, 4) is 0 Å². The van der Waals surface area contributed by atoms with Gasteiger partial charge in [-0.15, -0.1) is 10.2 Å². The first kappa shape index (κ1) is 13.4. The van der Waals surface area contributed by atoms with Crippen LogP contribution in [0.15, 0.2) is 12.4 Å². The Kier molecular flexibility index (Phi) is 4.38. The van der Waals surface area contributed by atoms with E-state index in [4.69, 9.17) is 0 Å². The van der Waals surface area contributed by atoms with E-state index in [1.807, 2.05) is 6.92 Å². The highest BCUT2D eigenvalue weighted by Gasteiger charge is 2.17. The summed E-state index contributed by atoms with van der Waals surface area (Å²) in [6.45, 7) is 4.04. The molecule has 0 unspecified atom stereocenters. The highest BCUT2D eigenvalue weighted by molar-refractivity contribution is 5.77. The highest BCUT2D eigenvalue weighted by Crippen LogP contribution is 2.11. The van der Waals surface area contributed by atoms with Gasteiger partial charge in [0.2, 0.25) is 0 Å². The van der Waals surface area contributed by atoms with Gasteiger partial charge in [-0.25, -0.2) is 4.79 Å². The Morgan fingerprint density at radius 1 is 1.26 bits per heavy atom. The number of unbranched alkanes of at least 4 members (excludes halogenated alkanes) is 3. The Morgan fingerprint density at radius 2 is 2.11 bits per heavy atom. The van der Waals surface area contributed by atoms with Crippen LogP contribution in [0.2, 0.25) is 0 Å². The molecular weight excluding hydrogens is 244 g/mol. The lowest BCUT2D eigenvalue weighted by Crippen LogP contribution is -2.23. The molecule has 2 aromatic heterocycles. The SMILES string of the molecule is CCCCCCc1c(C)nnn1C(=O)n1ccnn1. The van der Waals surface area contributed by atoms with Crippen molar-refractivity contribution in [3.63, 3.8) is 0 Å². The second-order valence-electron chi connectivity index (χ2n) is 4.47. The highest BCUT2D eigenvalue weighted by atomic mass is 16.2. The number of hydrogen-bond acceptors (Lipinski definition) is 5. The van der Waals surface area contributed by atoms with Crippen molar-refractivity contribution in [2.45, 2.75) is 46.0 Å². The third-order valence-corrected chi connectivity index (χ3v) is 3.02. The lowest BCUT2D eigenvalue weighted by Gasteiger charge is -2.05. The minimum atomic E-state index is -0.344. The van der Waals surface area contributed by atoms with Gasteiger partial charge >= 0.3 is 6.03 Å². The molecule has 2 aromatic rings. The minimum Gasteiger partial charge on any atom is -0.243 e. The van der Waals surface area contributed by atoms with Crippen molar-refractivity contribution in [3.05, 3.63) is 23.8 Å². The molecule has 0 aliphatic rings. The second-order valence-corrected chi connectivity index (χ2v) is 4.47. The summed E-state index contributed by atoms with van der Waals surface area (Å²) in [6, 6.07) is -0.344. The molecule has 19 heavy (non-hydrogen) atoms. The average molecular weight is 262 g/mol. The molecule has 0 spiro atoms. The Labute approximate surface area is 111 Å². The monoisotopic (exact) mass is 262 g/mol. The van der Waals surface area contributed by atoms with E-state index in [0.717, 1.165) is 35.3 Å². The molecule has 0 radical (unpaired) electrons. The summed E-state index contributed by atoms with van der Waals surface area (Å²) < 4.78 is 2.47. The van der Waals surface area contributed by atoms with Crippen LogP contribution >= 0.6 is 0 Å². The third kappa shape index (κ3) is 3.04. The van der Waals surface area contributed by atoms with Crippen LogP contribution in [0.1, 0.15) is 44.0 Å². The summed E-state index contributed by atoms with van der Waals surface area (Å²) in [5, 5.41) is 15.2. The first-order valence-electron chi connectivity index (χ1n) is 6.56. The maximum atomic E-state index is 12.2. The largest absolute Gasteiger partial charge is 0.372 e. The fraction of sp³-hybridized carbons (Fsp3) is 0.583. The van der Waals surface area contributed by atoms with Gasteiger partial charge in [0.05, 0.1) is 23.8 Å². The van der Waals surface area contributed by atoms with Gasteiger partial charge in [-0.1, -0.05) is 36.6 Å². The van der Waals surface area contributed by atoms with Crippen molar-refractivity contribution < 1.29 is 4.79 Å². The Balaban J connectivity index is 2.11. The molecule has 2 rings (SSSR count). The van der Waals surface area contributed by atoms with Gasteiger partial charge in [0.25, 0.3) is 0 Å². The van der Waals surface area contributed by atoms with E-state index in [2.05, 4.69) is 27.5 Å². The summed E-state index contributed by atoms with van der Waals surface area (Å²) in [5.41, 5.74) is 1.65. The summed E-state index contributed by atoms with van der Waals surface area (Å²) in [6.07, 6.45) is 8.35. The van der Waals surface area contributed by atoms with Gasteiger partial charge in [-0.2, -0.15) is 9.36 Å². The van der Waals surface area contributed by atoms with Crippen LogP contribution < -0.4 is 0 Å². The Hall–Kier alpha value is -2.05. The van der Waals surface area contributed by atoms with Gasteiger partial charge in [-0.3, -0.25) is 0 Å². The fourth-order valence-corrected chi connectivity index (χ4v) is 1.94. The first-order valence-corrected chi connectivity index (χ1v) is 6.56. The summed E-state index contributed by atoms with van der Waals surface area (Å²) >= 11 is 0. The molecule has 0 fully saturated rings. The van der Waals surface area contributed by atoms with E-state index >= 15 is 0 Å². The number of aromatic nitrogens is 6. The van der Waals surface area contributed by atoms with Crippen molar-refractivity contribution in [2.24, 2.45) is 0 Å². The van der Waals surface area contributed by atoms with Crippen LogP contribution in [0, 0.1) is 6.92 Å². The lowest BCUT2D eigenvalue weighted by molar-refractivity contribution is 0.236. The number of nitrogens with zero attached hydrogens (tertiary/aromatic N) is 6. The number of hydrogen-bond donors (Lipinski definition) is 0. The number of carbonyl (C=O) groups excluding carboxylic acids is 1. The van der Waals surface area contributed by atoms with Gasteiger partial charge in [-0.05, 0) is 19.8 Å². The van der Waals surface area contributed by atoms with Crippen molar-refractivity contribution in [1.82, 2.24) is 30.0 Å². The molecule has 7 nitrogen and oxygen atoms in total. The molecule has 0 aromatic carbocycles. The van der Waals surface area contributed by atoms with Crippen molar-refractivity contribution in [2.75, 3.05) is 0 Å². The van der Waals surface area contributed by atoms with E-state index in [9.17, 15) is 4.79 Å². The fourth-order valence-electron chi connectivity index (χ4n) is 1.94. The number of carbonyl (C=O) groups is 1. The molecule has 102 valence electrons. The van der Waals surface area contributed by atoms with Crippen molar-refractivity contribution >= 4 is 6.03 Å². The standard InChI is InChI=1S/C12H18N6O/c1-3-4-5-6-7-11-10(2)14-16-18(11)12(19)17-9-8-13-15-17/h8-9H,3-7H2,1-2H3. The maximum Gasteiger partial charge on any atom is 0.372 e. The Morgan fingerprint density at radius 3 is 2.79 bits per heavy atom. The third-order valence-electron chi connectivity index (χ3n) is 3.02. The molecule has 0 atom stereocenters. The molecule has 0 saturated heterocycles. The molecule has 7 heteroatoms. The van der Waals surface area contributed by atoms with Crippen LogP contribution in [0.3, 0.4) is 0 Å². The topological polar surface area (TPSA) is 78.5 Å². The smallest absolute Gasteiger partial charge is 0.243 e. The van der Waals surface area contributed by atoms with E-state index < -0.39 is 0 Å². The first-order chi connectivity index (χ1) is 9.24. The maximum absolute atomic E-state index is 12.2. The van der Waals surface area contributed by atoms with E-state index in [1.54, 1.807) is 0 Å². The number of aryl methyl sites for hydroxylation is 1. The molecular formula is C12H18N6O. The van der Waals surface area contributed by atoms with Crippen LogP contribution in [-0.2, 0) is 6.42 Å². The van der Waals surface area contributed by atoms with Gasteiger partial charge in [0.15, 0.2) is 0 Å². The van der Waals surface area contributed by atoms with Gasteiger partial charge in [0, 0.05) is 0 Å². The predicted molar refractivity (Wildman–Crippen MR) is 68.8 cm³/mol. The Bertz CT molecular complexity index is 530. The molecule has 0 saturated carbocycles. The van der Waals surface area contributed by atoms with Crippen LogP contribution in [0.25, 0.3) is 0 Å². The molecule has 0 amide bonds. The normalized spacial score (nSPS) is 10.8. The second kappa shape index (κ2) is 6.21. The van der Waals surface area contributed by atoms with Gasteiger partial charge < -0.3 is 0 Å². The van der Waals surface area contributed by atoms with Crippen LogP contribution in [0.5, 0.6) is 0 Å².